The average Bonchev–Trinajstić information content (AvgIpc) is 3.89. The molecule has 3 aromatic heterocycles. The molecule has 2 aliphatic rings. The molecule has 2 aliphatic carbocycles. The zero-order chi connectivity index (χ0) is 28.2. The van der Waals surface area contributed by atoms with Crippen molar-refractivity contribution in [2.24, 2.45) is 10.9 Å². The number of hydrogen-bond donors (Lipinski definition) is 1. The van der Waals surface area contributed by atoms with Crippen LogP contribution in [0.4, 0.5) is 11.5 Å². The lowest BCUT2D eigenvalue weighted by molar-refractivity contribution is -0.102. The maximum atomic E-state index is 12.1. The summed E-state index contributed by atoms with van der Waals surface area (Å²) in [5, 5.41) is 3.14. The Hall–Kier alpha value is -3.60. The summed E-state index contributed by atoms with van der Waals surface area (Å²) in [7, 11) is 3.63. The molecule has 0 radical (unpaired) electrons. The van der Waals surface area contributed by atoms with Gasteiger partial charge in [0.2, 0.25) is 5.88 Å². The zero-order valence-corrected chi connectivity index (χ0v) is 24.5. The Bertz CT molecular complexity index is 1390. The summed E-state index contributed by atoms with van der Waals surface area (Å²) in [5.41, 5.74) is 3.67. The monoisotopic (exact) mass is 560 g/mol. The predicted molar refractivity (Wildman–Crippen MR) is 158 cm³/mol. The Morgan fingerprint density at radius 1 is 1.23 bits per heavy atom. The second-order valence-electron chi connectivity index (χ2n) is 10.3. The van der Waals surface area contributed by atoms with Crippen LogP contribution in [0, 0.1) is 12.8 Å². The van der Waals surface area contributed by atoms with Gasteiger partial charge in [0.05, 0.1) is 30.7 Å². The van der Waals surface area contributed by atoms with Crippen LogP contribution >= 0.6 is 11.8 Å². The minimum absolute atomic E-state index is 0.196. The van der Waals surface area contributed by atoms with Gasteiger partial charge in [-0.1, -0.05) is 6.92 Å². The topological polar surface area (TPSA) is 118 Å². The van der Waals surface area contributed by atoms with Crippen LogP contribution < -0.4 is 15.0 Å². The Labute approximate surface area is 239 Å². The van der Waals surface area contributed by atoms with E-state index >= 15 is 0 Å². The van der Waals surface area contributed by atoms with Crippen LogP contribution in [0.5, 0.6) is 5.88 Å². The number of anilines is 1. The summed E-state index contributed by atoms with van der Waals surface area (Å²) < 4.78 is 5.63. The number of hydrogen-bond acceptors (Lipinski definition) is 10. The smallest absolute Gasteiger partial charge is 0.227 e. The number of carbonyl (C=O) groups is 1. The number of thioether (sulfide) groups is 1. The van der Waals surface area contributed by atoms with E-state index in [4.69, 9.17) is 19.7 Å². The van der Waals surface area contributed by atoms with E-state index in [-0.39, 0.29) is 11.9 Å². The van der Waals surface area contributed by atoms with Crippen molar-refractivity contribution in [3.8, 4) is 17.3 Å². The number of aryl methyl sites for hydroxylation is 1. The summed E-state index contributed by atoms with van der Waals surface area (Å²) in [6.45, 7) is 6.58. The highest BCUT2D eigenvalue weighted by molar-refractivity contribution is 7.99. The van der Waals surface area contributed by atoms with Gasteiger partial charge >= 0.3 is 0 Å². The summed E-state index contributed by atoms with van der Waals surface area (Å²) in [6.07, 6.45) is 8.64. The molecule has 3 heterocycles. The van der Waals surface area contributed by atoms with Gasteiger partial charge in [0.25, 0.3) is 0 Å². The standard InChI is InChI=1S/C29H36N8O2S/c1-6-40-22-12-11-21(30-14-22)13-31-23(15-38)35-25-17(2)34-27(36-28(25)37(4)18(3)19-7-8-19)24-26(20-9-10-20)32-16-33-29(24)39-5/h11-12,14-16,18-20H,6-10,13H2,1-5H3,(H,31,35)/t18-/m0/s1. The summed E-state index contributed by atoms with van der Waals surface area (Å²) in [5.74, 6) is 3.77. The molecule has 1 atom stereocenters. The van der Waals surface area contributed by atoms with Crippen LogP contribution in [0.15, 0.2) is 34.5 Å². The van der Waals surface area contributed by atoms with E-state index in [0.717, 1.165) is 46.7 Å². The predicted octanol–water partition coefficient (Wildman–Crippen LogP) is 4.89. The third kappa shape index (κ3) is 6.24. The number of pyridine rings is 1. The van der Waals surface area contributed by atoms with Crippen LogP contribution in [-0.2, 0) is 11.3 Å². The van der Waals surface area contributed by atoms with Crippen LogP contribution in [-0.4, -0.2) is 63.0 Å². The third-order valence-corrected chi connectivity index (χ3v) is 8.28. The first-order chi connectivity index (χ1) is 19.4. The van der Waals surface area contributed by atoms with E-state index in [2.05, 4.69) is 39.0 Å². The second-order valence-corrected chi connectivity index (χ2v) is 11.6. The fraction of sp³-hybridized carbons (Fsp3) is 0.483. The molecule has 0 aliphatic heterocycles. The molecule has 0 aromatic carbocycles. The van der Waals surface area contributed by atoms with Crippen molar-refractivity contribution in [1.82, 2.24) is 30.2 Å². The van der Waals surface area contributed by atoms with Gasteiger partial charge in [-0.15, -0.1) is 11.8 Å². The van der Waals surface area contributed by atoms with E-state index in [9.17, 15) is 4.79 Å². The van der Waals surface area contributed by atoms with Crippen molar-refractivity contribution >= 4 is 35.4 Å². The number of aldehydes is 1. The molecule has 210 valence electrons. The number of aromatic nitrogens is 5. The van der Waals surface area contributed by atoms with Gasteiger partial charge in [0.1, 0.15) is 17.6 Å². The number of nitrogens with one attached hydrogen (secondary N) is 1. The number of rotatable bonds is 12. The molecule has 0 amide bonds. The first-order valence-electron chi connectivity index (χ1n) is 13.8. The van der Waals surface area contributed by atoms with Crippen LogP contribution in [0.2, 0.25) is 0 Å². The minimum atomic E-state index is 0.196. The second kappa shape index (κ2) is 12.3. The highest BCUT2D eigenvalue weighted by Gasteiger charge is 2.34. The van der Waals surface area contributed by atoms with Gasteiger partial charge in [-0.05, 0) is 63.3 Å². The molecule has 0 bridgehead atoms. The molecule has 10 nitrogen and oxygen atoms in total. The number of carbonyl (C=O) groups excluding carboxylic acids is 1. The quantitative estimate of drug-likeness (QED) is 0.142. The average molecular weight is 561 g/mol. The molecule has 2 saturated carbocycles. The van der Waals surface area contributed by atoms with E-state index in [0.29, 0.717) is 47.3 Å². The molecule has 2 fully saturated rings. The summed E-state index contributed by atoms with van der Waals surface area (Å²) in [6, 6.07) is 4.25. The fourth-order valence-corrected chi connectivity index (χ4v) is 5.34. The van der Waals surface area contributed by atoms with Crippen LogP contribution in [0.3, 0.4) is 0 Å². The summed E-state index contributed by atoms with van der Waals surface area (Å²) >= 11 is 1.74. The van der Waals surface area contributed by atoms with Crippen molar-refractivity contribution in [1.29, 1.82) is 0 Å². The van der Waals surface area contributed by atoms with Gasteiger partial charge in [-0.2, -0.15) is 0 Å². The van der Waals surface area contributed by atoms with Gasteiger partial charge in [0.15, 0.2) is 23.8 Å². The maximum Gasteiger partial charge on any atom is 0.227 e. The van der Waals surface area contributed by atoms with Gasteiger partial charge in [-0.3, -0.25) is 9.78 Å². The largest absolute Gasteiger partial charge is 0.480 e. The summed E-state index contributed by atoms with van der Waals surface area (Å²) in [4.78, 5) is 43.4. The van der Waals surface area contributed by atoms with Crippen LogP contribution in [0.25, 0.3) is 11.4 Å². The normalized spacial score (nSPS) is 16.0. The van der Waals surface area contributed by atoms with E-state index in [1.54, 1.807) is 18.9 Å². The lowest BCUT2D eigenvalue weighted by Gasteiger charge is -2.28. The van der Waals surface area contributed by atoms with Gasteiger partial charge in [-0.25, -0.2) is 24.9 Å². The molecule has 3 aromatic rings. The minimum Gasteiger partial charge on any atom is -0.480 e. The van der Waals surface area contributed by atoms with Crippen LogP contribution in [0.1, 0.15) is 62.5 Å². The molecule has 11 heteroatoms. The molecule has 5 rings (SSSR count). The third-order valence-electron chi connectivity index (χ3n) is 7.42. The fourth-order valence-electron chi connectivity index (χ4n) is 4.72. The molecule has 0 saturated heterocycles. The number of methoxy groups -OCH3 is 1. The lowest BCUT2D eigenvalue weighted by atomic mass is 10.1. The Morgan fingerprint density at radius 3 is 2.65 bits per heavy atom. The van der Waals surface area contributed by atoms with Gasteiger partial charge < -0.3 is 15.0 Å². The highest BCUT2D eigenvalue weighted by atomic mass is 32.2. The lowest BCUT2D eigenvalue weighted by Crippen LogP contribution is -2.32. The maximum absolute atomic E-state index is 12.1. The highest BCUT2D eigenvalue weighted by Crippen LogP contribution is 2.46. The van der Waals surface area contributed by atoms with E-state index in [1.807, 2.05) is 32.3 Å². The van der Waals surface area contributed by atoms with Crippen molar-refractivity contribution in [2.45, 2.75) is 69.9 Å². The first kappa shape index (κ1) is 27.9. The Balaban J connectivity index is 1.52. The van der Waals surface area contributed by atoms with Crippen molar-refractivity contribution in [3.05, 3.63) is 41.7 Å². The number of ether oxygens (including phenoxy) is 1. The van der Waals surface area contributed by atoms with E-state index in [1.165, 1.54) is 19.2 Å². The molecule has 40 heavy (non-hydrogen) atoms. The first-order valence-corrected chi connectivity index (χ1v) is 14.8. The molecule has 0 unspecified atom stereocenters. The molecule has 0 spiro atoms. The van der Waals surface area contributed by atoms with E-state index < -0.39 is 0 Å². The number of aliphatic imine (C=N–C) groups is 1. The molecular weight excluding hydrogens is 524 g/mol. The number of amidine groups is 1. The Morgan fingerprint density at radius 2 is 2.02 bits per heavy atom. The number of nitrogens with zero attached hydrogens (tertiary/aromatic N) is 7. The van der Waals surface area contributed by atoms with Crippen molar-refractivity contribution in [3.63, 3.8) is 0 Å². The Kier molecular flexibility index (Phi) is 8.58. The molecule has 1 N–H and O–H groups in total. The zero-order valence-electron chi connectivity index (χ0n) is 23.7. The van der Waals surface area contributed by atoms with Crippen molar-refractivity contribution < 1.29 is 9.53 Å². The SMILES string of the molecule is CCSc1ccc(CN/C(C=O)=N/c2c(C)nc(-c3c(OC)ncnc3C3CC3)nc2N(C)[C@@H](C)C2CC2)nc1. The molecular formula is C29H36N8O2S. The van der Waals surface area contributed by atoms with Crippen molar-refractivity contribution in [2.75, 3.05) is 24.8 Å². The van der Waals surface area contributed by atoms with Gasteiger partial charge in [0, 0.05) is 30.1 Å².